The second-order valence-corrected chi connectivity index (χ2v) is 9.81. The summed E-state index contributed by atoms with van der Waals surface area (Å²) in [5.74, 6) is 0.435. The fraction of sp³-hybridized carbons (Fsp3) is 0.609. The van der Waals surface area contributed by atoms with Crippen LogP contribution in [0.25, 0.3) is 10.1 Å². The smallest absolute Gasteiger partial charge is 0.318 e. The zero-order valence-corrected chi connectivity index (χ0v) is 17.7. The molecular weight excluding hydrogens is 385 g/mol. The summed E-state index contributed by atoms with van der Waals surface area (Å²) in [4.78, 5) is 17.0. The van der Waals surface area contributed by atoms with Crippen molar-refractivity contribution in [1.82, 2.24) is 15.1 Å². The molecule has 29 heavy (non-hydrogen) atoms. The monoisotopic (exact) mass is 415 g/mol. The molecule has 6 heteroatoms. The highest BCUT2D eigenvalue weighted by molar-refractivity contribution is 7.17. The van der Waals surface area contributed by atoms with Crippen molar-refractivity contribution in [2.75, 3.05) is 26.2 Å². The lowest BCUT2D eigenvalue weighted by Crippen LogP contribution is -2.41. The zero-order chi connectivity index (χ0) is 19.8. The van der Waals surface area contributed by atoms with Gasteiger partial charge in [0.05, 0.1) is 12.1 Å². The number of fused-ring (bicyclic) bond motifs is 2. The summed E-state index contributed by atoms with van der Waals surface area (Å²) in [5.41, 5.74) is 1.40. The molecule has 1 aliphatic carbocycles. The van der Waals surface area contributed by atoms with Crippen LogP contribution < -0.4 is 5.32 Å². The van der Waals surface area contributed by atoms with Gasteiger partial charge in [0.1, 0.15) is 5.82 Å². The van der Waals surface area contributed by atoms with Gasteiger partial charge in [-0.2, -0.15) is 0 Å². The van der Waals surface area contributed by atoms with E-state index < -0.39 is 0 Å². The van der Waals surface area contributed by atoms with Gasteiger partial charge in [-0.1, -0.05) is 18.9 Å². The fourth-order valence-corrected chi connectivity index (χ4v) is 6.65. The quantitative estimate of drug-likeness (QED) is 0.750. The van der Waals surface area contributed by atoms with Gasteiger partial charge in [-0.05, 0) is 86.1 Å². The topological polar surface area (TPSA) is 35.6 Å². The number of hydrogen-bond donors (Lipinski definition) is 1. The molecule has 2 saturated heterocycles. The highest BCUT2D eigenvalue weighted by Crippen LogP contribution is 2.37. The van der Waals surface area contributed by atoms with Gasteiger partial charge >= 0.3 is 6.03 Å². The van der Waals surface area contributed by atoms with Crippen LogP contribution in [0.3, 0.4) is 0 Å². The standard InChI is InChI=1S/C23H30FN3OS/c24-17-6-7-18-19(15-29-22(18)14-17)16-8-12-26(13-9-16)10-3-11-27-21-5-2-1-4-20(21)25-23(27)28/h6-7,14-16,20-21H,1-5,8-13H2,(H,25,28). The number of rotatable bonds is 5. The van der Waals surface area contributed by atoms with Gasteiger partial charge in [0.15, 0.2) is 0 Å². The number of nitrogens with one attached hydrogen (secondary N) is 1. The molecule has 3 heterocycles. The third-order valence-corrected chi connectivity index (χ3v) is 8.13. The molecule has 5 rings (SSSR count). The van der Waals surface area contributed by atoms with E-state index in [1.165, 1.54) is 23.8 Å². The molecule has 2 aromatic rings. The largest absolute Gasteiger partial charge is 0.333 e. The Balaban J connectivity index is 1.11. The Labute approximate surface area is 176 Å². The molecular formula is C23H30FN3OS. The lowest BCUT2D eigenvalue weighted by molar-refractivity contribution is 0.172. The summed E-state index contributed by atoms with van der Waals surface area (Å²) in [6, 6.07) is 6.16. The van der Waals surface area contributed by atoms with Crippen molar-refractivity contribution in [3.63, 3.8) is 0 Å². The van der Waals surface area contributed by atoms with Crippen LogP contribution in [0.5, 0.6) is 0 Å². The summed E-state index contributed by atoms with van der Waals surface area (Å²) in [6.07, 6.45) is 8.19. The molecule has 3 fully saturated rings. The average Bonchev–Trinajstić information content (AvgIpc) is 3.29. The van der Waals surface area contributed by atoms with Gasteiger partial charge in [0, 0.05) is 11.2 Å². The molecule has 2 aliphatic heterocycles. The number of carbonyl (C=O) groups is 1. The van der Waals surface area contributed by atoms with Gasteiger partial charge in [-0.25, -0.2) is 9.18 Å². The van der Waals surface area contributed by atoms with Crippen LogP contribution in [-0.2, 0) is 0 Å². The number of hydrogen-bond acceptors (Lipinski definition) is 3. The first-order valence-corrected chi connectivity index (χ1v) is 12.0. The molecule has 0 bridgehead atoms. The molecule has 1 N–H and O–H groups in total. The lowest BCUT2D eigenvalue weighted by Gasteiger charge is -2.33. The van der Waals surface area contributed by atoms with Gasteiger partial charge in [-0.3, -0.25) is 0 Å². The van der Waals surface area contributed by atoms with Crippen LogP contribution in [0.15, 0.2) is 23.6 Å². The average molecular weight is 416 g/mol. The molecule has 1 aromatic heterocycles. The molecule has 0 spiro atoms. The second kappa shape index (κ2) is 8.23. The third-order valence-electron chi connectivity index (χ3n) is 7.17. The maximum absolute atomic E-state index is 13.5. The van der Waals surface area contributed by atoms with Gasteiger partial charge in [0.25, 0.3) is 0 Å². The van der Waals surface area contributed by atoms with E-state index >= 15 is 0 Å². The maximum atomic E-state index is 13.5. The number of amides is 2. The van der Waals surface area contributed by atoms with Gasteiger partial charge in [-0.15, -0.1) is 11.3 Å². The van der Waals surface area contributed by atoms with Crippen molar-refractivity contribution in [2.45, 2.75) is 62.9 Å². The minimum atomic E-state index is -0.146. The predicted molar refractivity (Wildman–Crippen MR) is 116 cm³/mol. The van der Waals surface area contributed by atoms with E-state index in [4.69, 9.17) is 0 Å². The van der Waals surface area contributed by atoms with Crippen molar-refractivity contribution in [1.29, 1.82) is 0 Å². The predicted octanol–water partition coefficient (Wildman–Crippen LogP) is 4.95. The first kappa shape index (κ1) is 19.3. The number of carbonyl (C=O) groups excluding carboxylic acids is 1. The Morgan fingerprint density at radius 3 is 2.79 bits per heavy atom. The molecule has 2 amide bonds. The van der Waals surface area contributed by atoms with E-state index in [0.29, 0.717) is 18.0 Å². The van der Waals surface area contributed by atoms with E-state index in [0.717, 1.165) is 63.0 Å². The van der Waals surface area contributed by atoms with E-state index in [2.05, 4.69) is 20.5 Å². The number of nitrogens with zero attached hydrogens (tertiary/aromatic N) is 2. The lowest BCUT2D eigenvalue weighted by atomic mass is 9.89. The summed E-state index contributed by atoms with van der Waals surface area (Å²) in [5, 5.41) is 6.65. The Kier molecular flexibility index (Phi) is 5.48. The van der Waals surface area contributed by atoms with E-state index in [-0.39, 0.29) is 11.8 Å². The molecule has 1 aromatic carbocycles. The summed E-state index contributed by atoms with van der Waals surface area (Å²) in [6.45, 7) is 4.18. The van der Waals surface area contributed by atoms with Gasteiger partial charge in [0.2, 0.25) is 0 Å². The van der Waals surface area contributed by atoms with Crippen molar-refractivity contribution in [3.05, 3.63) is 35.0 Å². The summed E-state index contributed by atoms with van der Waals surface area (Å²) < 4.78 is 14.5. The number of likely N-dealkylation sites (tertiary alicyclic amines) is 1. The Bertz CT molecular complexity index is 876. The minimum Gasteiger partial charge on any atom is -0.333 e. The van der Waals surface area contributed by atoms with Crippen molar-refractivity contribution < 1.29 is 9.18 Å². The molecule has 3 aliphatic rings. The van der Waals surface area contributed by atoms with Crippen LogP contribution >= 0.6 is 11.3 Å². The van der Waals surface area contributed by atoms with Crippen LogP contribution in [0.2, 0.25) is 0 Å². The maximum Gasteiger partial charge on any atom is 0.318 e. The normalized spacial score (nSPS) is 26.1. The second-order valence-electron chi connectivity index (χ2n) is 8.90. The van der Waals surface area contributed by atoms with Crippen molar-refractivity contribution in [2.24, 2.45) is 0 Å². The summed E-state index contributed by atoms with van der Waals surface area (Å²) >= 11 is 1.66. The van der Waals surface area contributed by atoms with Crippen LogP contribution in [-0.4, -0.2) is 54.1 Å². The first-order chi connectivity index (χ1) is 14.2. The Hall–Kier alpha value is -1.66. The zero-order valence-electron chi connectivity index (χ0n) is 16.9. The number of benzene rings is 1. The van der Waals surface area contributed by atoms with Crippen LogP contribution in [0.1, 0.15) is 56.4 Å². The third kappa shape index (κ3) is 3.89. The Morgan fingerprint density at radius 2 is 1.93 bits per heavy atom. The number of halogens is 1. The number of piperidine rings is 1. The number of urea groups is 1. The van der Waals surface area contributed by atoms with E-state index in [1.54, 1.807) is 23.5 Å². The highest BCUT2D eigenvalue weighted by atomic mass is 32.1. The molecule has 2 unspecified atom stereocenters. The van der Waals surface area contributed by atoms with E-state index in [1.807, 2.05) is 6.07 Å². The molecule has 2 atom stereocenters. The Morgan fingerprint density at radius 1 is 1.10 bits per heavy atom. The molecule has 1 saturated carbocycles. The van der Waals surface area contributed by atoms with Crippen LogP contribution in [0.4, 0.5) is 9.18 Å². The van der Waals surface area contributed by atoms with E-state index in [9.17, 15) is 9.18 Å². The van der Waals surface area contributed by atoms with Gasteiger partial charge < -0.3 is 15.1 Å². The van der Waals surface area contributed by atoms with Crippen molar-refractivity contribution in [3.8, 4) is 0 Å². The fourth-order valence-electron chi connectivity index (χ4n) is 5.58. The molecule has 4 nitrogen and oxygen atoms in total. The minimum absolute atomic E-state index is 0.146. The molecule has 156 valence electrons. The first-order valence-electron chi connectivity index (χ1n) is 11.2. The molecule has 0 radical (unpaired) electrons. The number of thiophene rings is 1. The SMILES string of the molecule is O=C1NC2CCCCC2N1CCCN1CCC(c2csc3cc(F)ccc23)CC1. The summed E-state index contributed by atoms with van der Waals surface area (Å²) in [7, 11) is 0. The van der Waals surface area contributed by atoms with Crippen molar-refractivity contribution >= 4 is 27.5 Å². The highest BCUT2D eigenvalue weighted by Gasteiger charge is 2.39. The van der Waals surface area contributed by atoms with Crippen LogP contribution in [0, 0.1) is 5.82 Å².